The van der Waals surface area contributed by atoms with Gasteiger partial charge in [0.2, 0.25) is 0 Å². The van der Waals surface area contributed by atoms with Crippen molar-refractivity contribution in [3.8, 4) is 17.1 Å². The lowest BCUT2D eigenvalue weighted by Crippen LogP contribution is -2.48. The van der Waals surface area contributed by atoms with Crippen LogP contribution in [0.2, 0.25) is 0 Å². The number of H-pyrrole nitrogens is 1. The molecule has 2 heterocycles. The average molecular weight is 378 g/mol. The van der Waals surface area contributed by atoms with Crippen molar-refractivity contribution in [3.05, 3.63) is 52.8 Å². The van der Waals surface area contributed by atoms with Gasteiger partial charge in [-0.1, -0.05) is 6.07 Å². The molecule has 28 heavy (non-hydrogen) atoms. The number of ether oxygens (including phenoxy) is 1. The fourth-order valence-electron chi connectivity index (χ4n) is 3.76. The fourth-order valence-corrected chi connectivity index (χ4v) is 3.76. The molecule has 6 heteroatoms. The first-order valence-corrected chi connectivity index (χ1v) is 9.73. The van der Waals surface area contributed by atoms with Gasteiger partial charge < -0.3 is 14.6 Å². The highest BCUT2D eigenvalue weighted by molar-refractivity contribution is 5.85. The van der Waals surface area contributed by atoms with E-state index in [2.05, 4.69) is 45.7 Å². The summed E-state index contributed by atoms with van der Waals surface area (Å²) in [6.45, 7) is 8.71. The number of hydrogen-bond acceptors (Lipinski definition) is 5. The predicted molar refractivity (Wildman–Crippen MR) is 113 cm³/mol. The zero-order valence-corrected chi connectivity index (χ0v) is 16.6. The highest BCUT2D eigenvalue weighted by atomic mass is 16.5. The van der Waals surface area contributed by atoms with Gasteiger partial charge in [-0.3, -0.25) is 9.69 Å². The molecule has 0 saturated carbocycles. The average Bonchev–Trinajstić information content (AvgIpc) is 2.73. The molecule has 2 aromatic carbocycles. The van der Waals surface area contributed by atoms with Crippen LogP contribution in [0.1, 0.15) is 13.8 Å². The summed E-state index contributed by atoms with van der Waals surface area (Å²) in [5.41, 5.74) is 2.51. The Morgan fingerprint density at radius 1 is 1.04 bits per heavy atom. The molecular formula is C22H26N4O2. The van der Waals surface area contributed by atoms with Crippen molar-refractivity contribution in [2.45, 2.75) is 19.9 Å². The second-order valence-corrected chi connectivity index (χ2v) is 7.43. The normalized spacial score (nSPS) is 15.4. The quantitative estimate of drug-likeness (QED) is 0.756. The fraction of sp³-hybridized carbons (Fsp3) is 0.364. The van der Waals surface area contributed by atoms with Crippen LogP contribution in [0.25, 0.3) is 22.3 Å². The molecule has 0 bridgehead atoms. The Bertz CT molecular complexity index is 1020. The summed E-state index contributed by atoms with van der Waals surface area (Å²) in [4.78, 5) is 24.9. The molecule has 6 nitrogen and oxygen atoms in total. The van der Waals surface area contributed by atoms with Crippen molar-refractivity contribution < 1.29 is 4.74 Å². The van der Waals surface area contributed by atoms with E-state index in [0.29, 0.717) is 28.5 Å². The molecule has 0 radical (unpaired) electrons. The van der Waals surface area contributed by atoms with E-state index in [0.717, 1.165) is 31.7 Å². The number of nitrogens with one attached hydrogen (secondary N) is 1. The maximum absolute atomic E-state index is 12.5. The molecule has 1 N–H and O–H groups in total. The summed E-state index contributed by atoms with van der Waals surface area (Å²) in [5, 5.41) is 0.530. The first kappa shape index (κ1) is 18.5. The van der Waals surface area contributed by atoms with Crippen LogP contribution in [-0.2, 0) is 0 Å². The molecule has 4 rings (SSSR count). The number of benzene rings is 2. The Kier molecular flexibility index (Phi) is 5.05. The summed E-state index contributed by atoms with van der Waals surface area (Å²) in [6, 6.07) is 14.2. The molecule has 0 atom stereocenters. The zero-order chi connectivity index (χ0) is 19.7. The second-order valence-electron chi connectivity index (χ2n) is 7.43. The van der Waals surface area contributed by atoms with Gasteiger partial charge in [-0.25, -0.2) is 4.98 Å². The number of aromatic amines is 1. The smallest absolute Gasteiger partial charge is 0.259 e. The Morgan fingerprint density at radius 3 is 2.39 bits per heavy atom. The van der Waals surface area contributed by atoms with Crippen molar-refractivity contribution >= 4 is 16.6 Å². The van der Waals surface area contributed by atoms with Crippen LogP contribution in [0.4, 0.5) is 5.69 Å². The van der Waals surface area contributed by atoms with Crippen LogP contribution >= 0.6 is 0 Å². The molecular weight excluding hydrogens is 352 g/mol. The largest absolute Gasteiger partial charge is 0.494 e. The second kappa shape index (κ2) is 7.64. The van der Waals surface area contributed by atoms with E-state index in [1.807, 2.05) is 18.2 Å². The SMILES string of the molecule is COc1cccc2c(=O)[nH]c(-c3ccc(N4CCN(C(C)C)CC4)cc3)nc12. The zero-order valence-electron chi connectivity index (χ0n) is 16.6. The van der Waals surface area contributed by atoms with Gasteiger partial charge >= 0.3 is 0 Å². The number of rotatable bonds is 4. The van der Waals surface area contributed by atoms with Crippen LogP contribution in [0.3, 0.4) is 0 Å². The summed E-state index contributed by atoms with van der Waals surface area (Å²) in [7, 11) is 1.59. The molecule has 1 aromatic heterocycles. The minimum Gasteiger partial charge on any atom is -0.494 e. The van der Waals surface area contributed by atoms with Gasteiger partial charge in [-0.2, -0.15) is 0 Å². The van der Waals surface area contributed by atoms with E-state index >= 15 is 0 Å². The van der Waals surface area contributed by atoms with Crippen molar-refractivity contribution in [1.29, 1.82) is 0 Å². The lowest BCUT2D eigenvalue weighted by atomic mass is 10.1. The summed E-state index contributed by atoms with van der Waals surface area (Å²) in [6.07, 6.45) is 0. The third-order valence-corrected chi connectivity index (χ3v) is 5.47. The molecule has 1 aliphatic rings. The summed E-state index contributed by atoms with van der Waals surface area (Å²) < 4.78 is 5.37. The Balaban J connectivity index is 1.60. The maximum Gasteiger partial charge on any atom is 0.259 e. The highest BCUT2D eigenvalue weighted by Gasteiger charge is 2.19. The van der Waals surface area contributed by atoms with Crippen molar-refractivity contribution in [2.75, 3.05) is 38.2 Å². The van der Waals surface area contributed by atoms with E-state index in [1.165, 1.54) is 5.69 Å². The number of fused-ring (bicyclic) bond motifs is 1. The standard InChI is InChI=1S/C22H26N4O2/c1-15(2)25-11-13-26(14-12-25)17-9-7-16(8-10-17)21-23-20-18(22(27)24-21)5-4-6-19(20)28-3/h4-10,15H,11-14H2,1-3H3,(H,23,24,27). The van der Waals surface area contributed by atoms with Crippen LogP contribution in [0, 0.1) is 0 Å². The molecule has 1 saturated heterocycles. The first-order chi connectivity index (χ1) is 13.6. The molecule has 3 aromatic rings. The van der Waals surface area contributed by atoms with E-state index in [9.17, 15) is 4.79 Å². The van der Waals surface area contributed by atoms with Crippen molar-refractivity contribution in [2.24, 2.45) is 0 Å². The number of hydrogen-bond donors (Lipinski definition) is 1. The first-order valence-electron chi connectivity index (χ1n) is 9.73. The van der Waals surface area contributed by atoms with Gasteiger partial charge in [0.25, 0.3) is 5.56 Å². The van der Waals surface area contributed by atoms with Crippen LogP contribution in [0.15, 0.2) is 47.3 Å². The molecule has 1 fully saturated rings. The monoisotopic (exact) mass is 378 g/mol. The number of piperazine rings is 1. The molecule has 146 valence electrons. The maximum atomic E-state index is 12.5. The van der Waals surface area contributed by atoms with E-state index < -0.39 is 0 Å². The van der Waals surface area contributed by atoms with Crippen LogP contribution in [0.5, 0.6) is 5.75 Å². The van der Waals surface area contributed by atoms with Gasteiger partial charge in [-0.05, 0) is 50.2 Å². The molecule has 0 aliphatic carbocycles. The highest BCUT2D eigenvalue weighted by Crippen LogP contribution is 2.25. The number of para-hydroxylation sites is 1. The summed E-state index contributed by atoms with van der Waals surface area (Å²) >= 11 is 0. The van der Waals surface area contributed by atoms with Gasteiger partial charge in [0.1, 0.15) is 17.1 Å². The van der Waals surface area contributed by atoms with E-state index in [1.54, 1.807) is 19.2 Å². The third-order valence-electron chi connectivity index (χ3n) is 5.47. The lowest BCUT2D eigenvalue weighted by molar-refractivity contribution is 0.209. The molecule has 0 unspecified atom stereocenters. The van der Waals surface area contributed by atoms with E-state index in [4.69, 9.17) is 4.74 Å². The predicted octanol–water partition coefficient (Wildman–Crippen LogP) is 3.13. The summed E-state index contributed by atoms with van der Waals surface area (Å²) in [5.74, 6) is 1.16. The number of nitrogens with zero attached hydrogens (tertiary/aromatic N) is 3. The van der Waals surface area contributed by atoms with Gasteiger partial charge in [0, 0.05) is 43.5 Å². The third kappa shape index (κ3) is 3.47. The topological polar surface area (TPSA) is 61.5 Å². The number of aromatic nitrogens is 2. The molecule has 0 spiro atoms. The Hall–Kier alpha value is -2.86. The molecule has 1 aliphatic heterocycles. The van der Waals surface area contributed by atoms with Gasteiger partial charge in [0.05, 0.1) is 12.5 Å². The Morgan fingerprint density at radius 2 is 1.75 bits per heavy atom. The minimum atomic E-state index is -0.159. The van der Waals surface area contributed by atoms with Crippen molar-refractivity contribution in [1.82, 2.24) is 14.9 Å². The molecule has 0 amide bonds. The minimum absolute atomic E-state index is 0.159. The van der Waals surface area contributed by atoms with Gasteiger partial charge in [0.15, 0.2) is 0 Å². The van der Waals surface area contributed by atoms with E-state index in [-0.39, 0.29) is 5.56 Å². The Labute approximate surface area is 164 Å². The number of anilines is 1. The van der Waals surface area contributed by atoms with Crippen LogP contribution < -0.4 is 15.2 Å². The lowest BCUT2D eigenvalue weighted by Gasteiger charge is -2.38. The van der Waals surface area contributed by atoms with Crippen molar-refractivity contribution in [3.63, 3.8) is 0 Å². The number of methoxy groups -OCH3 is 1. The van der Waals surface area contributed by atoms with Crippen LogP contribution in [-0.4, -0.2) is 54.2 Å². The van der Waals surface area contributed by atoms with Gasteiger partial charge in [-0.15, -0.1) is 0 Å².